The first-order chi connectivity index (χ1) is 9.94. The van der Waals surface area contributed by atoms with Crippen molar-refractivity contribution in [3.05, 3.63) is 48.5 Å². The summed E-state index contributed by atoms with van der Waals surface area (Å²) < 4.78 is 13.0. The molecule has 5 nitrogen and oxygen atoms in total. The third kappa shape index (κ3) is 5.07. The van der Waals surface area contributed by atoms with Crippen molar-refractivity contribution in [1.29, 1.82) is 0 Å². The Kier molecular flexibility index (Phi) is 4.80. The minimum atomic E-state index is -1.86. The van der Waals surface area contributed by atoms with E-state index in [1.54, 1.807) is 36.8 Å². The van der Waals surface area contributed by atoms with Crippen molar-refractivity contribution in [3.63, 3.8) is 0 Å². The van der Waals surface area contributed by atoms with E-state index >= 15 is 0 Å². The van der Waals surface area contributed by atoms with Crippen molar-refractivity contribution in [2.75, 3.05) is 6.61 Å². The van der Waals surface area contributed by atoms with Gasteiger partial charge in [0.15, 0.2) is 0 Å². The summed E-state index contributed by atoms with van der Waals surface area (Å²) in [5.41, 5.74) is 0.555. The molecular weight excluding hydrogens is 284 g/mol. The van der Waals surface area contributed by atoms with Crippen molar-refractivity contribution in [1.82, 2.24) is 9.55 Å². The monoisotopic (exact) mass is 304 g/mol. The molecule has 0 saturated heterocycles. The summed E-state index contributed by atoms with van der Waals surface area (Å²) in [5, 5.41) is 0. The van der Waals surface area contributed by atoms with Crippen LogP contribution in [0.3, 0.4) is 0 Å². The molecule has 2 rings (SSSR count). The first kappa shape index (κ1) is 15.3. The van der Waals surface area contributed by atoms with Crippen LogP contribution in [0.1, 0.15) is 10.4 Å². The smallest absolute Gasteiger partial charge is 0.324 e. The Hall–Kier alpha value is -2.08. The largest absolute Gasteiger partial charge is 0.516 e. The highest BCUT2D eigenvalue weighted by Gasteiger charge is 2.20. The standard InChI is InChI=1S/C15H20N2O3Si/c1-21(2,3)20-15(18)13-4-6-14(7-5-13)19-11-10-17-9-8-16-12-17/h4-9,12H,10-11H2,1-3H3. The summed E-state index contributed by atoms with van der Waals surface area (Å²) in [6.45, 7) is 7.24. The lowest BCUT2D eigenvalue weighted by atomic mass is 10.2. The Bertz CT molecular complexity index is 574. The number of hydrogen-bond donors (Lipinski definition) is 0. The Morgan fingerprint density at radius 3 is 2.52 bits per heavy atom. The number of benzene rings is 1. The number of carbonyl (C=O) groups is 1. The van der Waals surface area contributed by atoms with Crippen LogP contribution in [0.25, 0.3) is 0 Å². The van der Waals surface area contributed by atoms with Crippen molar-refractivity contribution in [2.24, 2.45) is 0 Å². The Morgan fingerprint density at radius 2 is 1.95 bits per heavy atom. The van der Waals surface area contributed by atoms with Gasteiger partial charge < -0.3 is 13.7 Å². The molecule has 0 spiro atoms. The van der Waals surface area contributed by atoms with Gasteiger partial charge in [-0.05, 0) is 43.9 Å². The van der Waals surface area contributed by atoms with Crippen LogP contribution >= 0.6 is 0 Å². The van der Waals surface area contributed by atoms with Crippen molar-refractivity contribution in [3.8, 4) is 5.75 Å². The van der Waals surface area contributed by atoms with E-state index in [4.69, 9.17) is 9.16 Å². The van der Waals surface area contributed by atoms with Gasteiger partial charge >= 0.3 is 5.97 Å². The van der Waals surface area contributed by atoms with E-state index in [9.17, 15) is 4.79 Å². The fourth-order valence-electron chi connectivity index (χ4n) is 1.71. The van der Waals surface area contributed by atoms with Crippen LogP contribution < -0.4 is 4.74 Å². The molecule has 0 bridgehead atoms. The van der Waals surface area contributed by atoms with Gasteiger partial charge in [0.2, 0.25) is 8.32 Å². The molecule has 112 valence electrons. The second-order valence-electron chi connectivity index (χ2n) is 5.68. The van der Waals surface area contributed by atoms with E-state index in [2.05, 4.69) is 4.98 Å². The minimum absolute atomic E-state index is 0.265. The summed E-state index contributed by atoms with van der Waals surface area (Å²) >= 11 is 0. The lowest BCUT2D eigenvalue weighted by Gasteiger charge is -2.17. The highest BCUT2D eigenvalue weighted by Crippen LogP contribution is 2.15. The fourth-order valence-corrected chi connectivity index (χ4v) is 2.39. The molecule has 2 aromatic rings. The second-order valence-corrected chi connectivity index (χ2v) is 10.1. The van der Waals surface area contributed by atoms with Gasteiger partial charge in [0.25, 0.3) is 0 Å². The molecule has 0 saturated carbocycles. The van der Waals surface area contributed by atoms with Gasteiger partial charge in [0, 0.05) is 12.4 Å². The Balaban J connectivity index is 1.85. The van der Waals surface area contributed by atoms with Crippen LogP contribution in [0.2, 0.25) is 19.6 Å². The van der Waals surface area contributed by atoms with Crippen LogP contribution in [0, 0.1) is 0 Å². The molecule has 6 heteroatoms. The van der Waals surface area contributed by atoms with E-state index < -0.39 is 8.32 Å². The van der Waals surface area contributed by atoms with Crippen LogP contribution in [0.5, 0.6) is 5.75 Å². The zero-order chi connectivity index (χ0) is 15.3. The maximum atomic E-state index is 11.9. The molecule has 1 aromatic heterocycles. The van der Waals surface area contributed by atoms with Gasteiger partial charge in [-0.3, -0.25) is 0 Å². The number of rotatable bonds is 6. The molecule has 1 heterocycles. The minimum Gasteiger partial charge on any atom is -0.516 e. The molecular formula is C15H20N2O3Si. The van der Waals surface area contributed by atoms with Gasteiger partial charge in [-0.25, -0.2) is 9.78 Å². The maximum absolute atomic E-state index is 11.9. The Labute approximate surface area is 125 Å². The quantitative estimate of drug-likeness (QED) is 0.770. The van der Waals surface area contributed by atoms with Crippen molar-refractivity contribution in [2.45, 2.75) is 26.2 Å². The summed E-state index contributed by atoms with van der Waals surface area (Å²) in [7, 11) is -1.86. The van der Waals surface area contributed by atoms with Gasteiger partial charge in [-0.15, -0.1) is 0 Å². The topological polar surface area (TPSA) is 53.4 Å². The van der Waals surface area contributed by atoms with E-state index in [-0.39, 0.29) is 5.97 Å². The highest BCUT2D eigenvalue weighted by molar-refractivity contribution is 6.71. The normalized spacial score (nSPS) is 11.2. The van der Waals surface area contributed by atoms with Crippen LogP contribution in [0.4, 0.5) is 0 Å². The van der Waals surface area contributed by atoms with Gasteiger partial charge in [-0.2, -0.15) is 0 Å². The van der Waals surface area contributed by atoms with Crippen molar-refractivity contribution < 1.29 is 14.0 Å². The zero-order valence-corrected chi connectivity index (χ0v) is 13.6. The van der Waals surface area contributed by atoms with Crippen LogP contribution in [-0.4, -0.2) is 30.4 Å². The molecule has 0 radical (unpaired) electrons. The van der Waals surface area contributed by atoms with E-state index in [0.29, 0.717) is 12.2 Å². The summed E-state index contributed by atoms with van der Waals surface area (Å²) in [6, 6.07) is 7.04. The first-order valence-corrected chi connectivity index (χ1v) is 10.3. The third-order valence-corrected chi connectivity index (χ3v) is 3.46. The molecule has 0 N–H and O–H groups in total. The van der Waals surface area contributed by atoms with Crippen LogP contribution in [0.15, 0.2) is 43.0 Å². The number of imidazole rings is 1. The van der Waals surface area contributed by atoms with Gasteiger partial charge in [0.05, 0.1) is 18.4 Å². The van der Waals surface area contributed by atoms with Crippen LogP contribution in [-0.2, 0) is 11.0 Å². The van der Waals surface area contributed by atoms with Gasteiger partial charge in [0.1, 0.15) is 12.4 Å². The van der Waals surface area contributed by atoms with E-state index in [1.807, 2.05) is 30.4 Å². The number of carbonyl (C=O) groups excluding carboxylic acids is 1. The molecule has 0 aliphatic carbocycles. The predicted molar refractivity (Wildman–Crippen MR) is 82.9 cm³/mol. The summed E-state index contributed by atoms with van der Waals surface area (Å²) in [5.74, 6) is 0.471. The fraction of sp³-hybridized carbons (Fsp3) is 0.333. The lowest BCUT2D eigenvalue weighted by molar-refractivity contribution is 0.0724. The number of nitrogens with zero attached hydrogens (tertiary/aromatic N) is 2. The summed E-state index contributed by atoms with van der Waals surface area (Å²) in [6.07, 6.45) is 5.37. The molecule has 0 atom stereocenters. The Morgan fingerprint density at radius 1 is 1.24 bits per heavy atom. The third-order valence-electron chi connectivity index (χ3n) is 2.67. The molecule has 0 amide bonds. The maximum Gasteiger partial charge on any atom is 0.324 e. The predicted octanol–water partition coefficient (Wildman–Crippen LogP) is 2.95. The molecule has 0 aliphatic heterocycles. The van der Waals surface area contributed by atoms with Crippen molar-refractivity contribution >= 4 is 14.3 Å². The van der Waals surface area contributed by atoms with E-state index in [0.717, 1.165) is 12.3 Å². The van der Waals surface area contributed by atoms with E-state index in [1.165, 1.54) is 0 Å². The molecule has 0 unspecified atom stereocenters. The highest BCUT2D eigenvalue weighted by atomic mass is 28.4. The van der Waals surface area contributed by atoms with Gasteiger partial charge in [-0.1, -0.05) is 0 Å². The molecule has 0 fully saturated rings. The molecule has 0 aliphatic rings. The molecule has 21 heavy (non-hydrogen) atoms. The number of hydrogen-bond acceptors (Lipinski definition) is 4. The number of aromatic nitrogens is 2. The SMILES string of the molecule is C[Si](C)(C)OC(=O)c1ccc(OCCn2ccnc2)cc1. The average molecular weight is 304 g/mol. The average Bonchev–Trinajstić information content (AvgIpc) is 2.91. The number of ether oxygens (including phenoxy) is 1. The zero-order valence-electron chi connectivity index (χ0n) is 12.6. The lowest BCUT2D eigenvalue weighted by Crippen LogP contribution is -2.29. The molecule has 1 aromatic carbocycles. The first-order valence-electron chi connectivity index (χ1n) is 6.86. The second kappa shape index (κ2) is 6.58. The summed E-state index contributed by atoms with van der Waals surface area (Å²) in [4.78, 5) is 15.9.